The van der Waals surface area contributed by atoms with E-state index < -0.39 is 0 Å². The van der Waals surface area contributed by atoms with Gasteiger partial charge >= 0.3 is 0 Å². The lowest BCUT2D eigenvalue weighted by atomic mass is 10.1. The molecule has 0 amide bonds. The van der Waals surface area contributed by atoms with Crippen molar-refractivity contribution in [1.29, 1.82) is 0 Å². The average Bonchev–Trinajstić information content (AvgIpc) is 2.88. The molecule has 0 radical (unpaired) electrons. The maximum Gasteiger partial charge on any atom is 0.149 e. The van der Waals surface area contributed by atoms with Gasteiger partial charge in [-0.15, -0.1) is 0 Å². The number of nitrogens with zero attached hydrogens (tertiary/aromatic N) is 1. The topological polar surface area (TPSA) is 46.3 Å². The quantitative estimate of drug-likeness (QED) is 0.677. The molecule has 1 aliphatic heterocycles. The number of likely N-dealkylation sites (tertiary alicyclic amines) is 1. The Hall–Kier alpha value is -0.410. The van der Waals surface area contributed by atoms with Crippen molar-refractivity contribution in [3.05, 3.63) is 0 Å². The van der Waals surface area contributed by atoms with E-state index in [-0.39, 0.29) is 0 Å². The van der Waals surface area contributed by atoms with Crippen LogP contribution in [0.4, 0.5) is 0 Å². The van der Waals surface area contributed by atoms with Crippen molar-refractivity contribution in [2.24, 2.45) is 17.6 Å². The van der Waals surface area contributed by atoms with Gasteiger partial charge in [-0.05, 0) is 38.3 Å². The lowest BCUT2D eigenvalue weighted by Crippen LogP contribution is -2.29. The fourth-order valence-corrected chi connectivity index (χ4v) is 2.00. The molecule has 2 rings (SSSR count). The van der Waals surface area contributed by atoms with Crippen molar-refractivity contribution < 1.29 is 4.79 Å². The van der Waals surface area contributed by atoms with Crippen LogP contribution in [0.2, 0.25) is 0 Å². The van der Waals surface area contributed by atoms with E-state index in [0.29, 0.717) is 24.2 Å². The van der Waals surface area contributed by atoms with Crippen molar-refractivity contribution in [2.75, 3.05) is 26.2 Å². The summed E-state index contributed by atoms with van der Waals surface area (Å²) in [6.07, 6.45) is 3.44. The predicted molar refractivity (Wildman–Crippen MR) is 51.3 cm³/mol. The molecule has 0 spiro atoms. The predicted octanol–water partition coefficient (Wildman–Crippen LogP) is 0.246. The van der Waals surface area contributed by atoms with Gasteiger partial charge in [-0.25, -0.2) is 0 Å². The highest BCUT2D eigenvalue weighted by atomic mass is 16.1. The molecule has 1 aliphatic carbocycles. The second-order valence-electron chi connectivity index (χ2n) is 4.37. The Labute approximate surface area is 79.3 Å². The van der Waals surface area contributed by atoms with E-state index in [2.05, 4.69) is 4.90 Å². The van der Waals surface area contributed by atoms with E-state index in [9.17, 15) is 4.79 Å². The molecule has 0 aromatic rings. The van der Waals surface area contributed by atoms with E-state index in [1.54, 1.807) is 0 Å². The average molecular weight is 182 g/mol. The second-order valence-corrected chi connectivity index (χ2v) is 4.37. The molecule has 1 unspecified atom stereocenters. The fraction of sp³-hybridized carbons (Fsp3) is 0.900. The molecule has 3 nitrogen and oxygen atoms in total. The molecular formula is C10H18N2O. The number of nitrogens with two attached hydrogens (primary N) is 1. The normalized spacial score (nSPS) is 29.5. The monoisotopic (exact) mass is 182 g/mol. The molecule has 0 aromatic heterocycles. The molecule has 2 aliphatic rings. The lowest BCUT2D eigenvalue weighted by Gasteiger charge is -2.13. The summed E-state index contributed by atoms with van der Waals surface area (Å²) in [7, 11) is 0. The van der Waals surface area contributed by atoms with E-state index in [4.69, 9.17) is 5.73 Å². The largest absolute Gasteiger partial charge is 0.330 e. The van der Waals surface area contributed by atoms with Gasteiger partial charge in [-0.1, -0.05) is 0 Å². The van der Waals surface area contributed by atoms with E-state index in [1.165, 1.54) is 6.42 Å². The summed E-state index contributed by atoms with van der Waals surface area (Å²) in [6, 6.07) is 0. The summed E-state index contributed by atoms with van der Waals surface area (Å²) < 4.78 is 0. The number of hydrogen-bond acceptors (Lipinski definition) is 3. The van der Waals surface area contributed by atoms with Gasteiger partial charge in [-0.2, -0.15) is 0 Å². The zero-order valence-corrected chi connectivity index (χ0v) is 8.04. The van der Waals surface area contributed by atoms with Gasteiger partial charge in [0, 0.05) is 12.5 Å². The minimum absolute atomic E-state index is 0.414. The number of ketones is 1. The van der Waals surface area contributed by atoms with Crippen LogP contribution >= 0.6 is 0 Å². The smallest absolute Gasteiger partial charge is 0.149 e. The van der Waals surface area contributed by atoms with Crippen LogP contribution in [0.3, 0.4) is 0 Å². The third-order valence-corrected chi connectivity index (χ3v) is 3.12. The van der Waals surface area contributed by atoms with Crippen molar-refractivity contribution in [3.8, 4) is 0 Å². The van der Waals surface area contributed by atoms with Gasteiger partial charge in [0.05, 0.1) is 6.54 Å². The third kappa shape index (κ3) is 2.29. The van der Waals surface area contributed by atoms with Gasteiger partial charge in [0.15, 0.2) is 0 Å². The van der Waals surface area contributed by atoms with E-state index in [1.807, 2.05) is 0 Å². The molecule has 1 saturated carbocycles. The first-order valence-electron chi connectivity index (χ1n) is 5.24. The number of Topliss-reactive ketones (excluding diaryl/α,β-unsaturated/α-hetero) is 1. The van der Waals surface area contributed by atoms with Crippen molar-refractivity contribution >= 4 is 5.78 Å². The third-order valence-electron chi connectivity index (χ3n) is 3.12. The van der Waals surface area contributed by atoms with Crippen LogP contribution in [0.25, 0.3) is 0 Å². The van der Waals surface area contributed by atoms with Crippen LogP contribution in [0, 0.1) is 11.8 Å². The minimum Gasteiger partial charge on any atom is -0.330 e. The maximum atomic E-state index is 11.5. The van der Waals surface area contributed by atoms with Gasteiger partial charge in [0.25, 0.3) is 0 Å². The van der Waals surface area contributed by atoms with Gasteiger partial charge < -0.3 is 5.73 Å². The molecule has 1 saturated heterocycles. The second kappa shape index (κ2) is 3.76. The Morgan fingerprint density at radius 1 is 1.38 bits per heavy atom. The summed E-state index contributed by atoms with van der Waals surface area (Å²) in [5.74, 6) is 1.50. The molecule has 0 bridgehead atoms. The first-order valence-corrected chi connectivity index (χ1v) is 5.24. The molecule has 74 valence electrons. The molecule has 0 aromatic carbocycles. The fourth-order valence-electron chi connectivity index (χ4n) is 2.00. The van der Waals surface area contributed by atoms with Crippen molar-refractivity contribution in [2.45, 2.75) is 19.3 Å². The molecule has 3 heteroatoms. The standard InChI is InChI=1S/C10H18N2O/c11-5-8-3-4-12(6-8)7-10(13)9-1-2-9/h8-9H,1-7,11H2. The Kier molecular flexibility index (Phi) is 2.65. The molecule has 13 heavy (non-hydrogen) atoms. The maximum absolute atomic E-state index is 11.5. The zero-order chi connectivity index (χ0) is 9.26. The number of hydrogen-bond donors (Lipinski definition) is 1. The van der Waals surface area contributed by atoms with Crippen molar-refractivity contribution in [1.82, 2.24) is 4.90 Å². The van der Waals surface area contributed by atoms with E-state index >= 15 is 0 Å². The SMILES string of the molecule is NCC1CCN(CC(=O)C2CC2)C1. The molecule has 1 heterocycles. The zero-order valence-electron chi connectivity index (χ0n) is 8.04. The van der Waals surface area contributed by atoms with E-state index in [0.717, 1.165) is 32.5 Å². The number of rotatable bonds is 4. The summed E-state index contributed by atoms with van der Waals surface area (Å²) in [4.78, 5) is 13.7. The first kappa shape index (κ1) is 9.16. The molecule has 1 atom stereocenters. The van der Waals surface area contributed by atoms with Crippen LogP contribution in [-0.4, -0.2) is 36.9 Å². The van der Waals surface area contributed by atoms with Crippen LogP contribution in [0.5, 0.6) is 0 Å². The highest BCUT2D eigenvalue weighted by molar-refractivity contribution is 5.85. The van der Waals surface area contributed by atoms with Gasteiger partial charge in [-0.3, -0.25) is 9.69 Å². The van der Waals surface area contributed by atoms with Crippen LogP contribution in [-0.2, 0) is 4.79 Å². The molecule has 2 N–H and O–H groups in total. The lowest BCUT2D eigenvalue weighted by molar-refractivity contribution is -0.121. The number of carbonyl (C=O) groups is 1. The van der Waals surface area contributed by atoms with Gasteiger partial charge in [0.1, 0.15) is 5.78 Å². The molecular weight excluding hydrogens is 164 g/mol. The molecule has 2 fully saturated rings. The highest BCUT2D eigenvalue weighted by Gasteiger charge is 2.32. The highest BCUT2D eigenvalue weighted by Crippen LogP contribution is 2.30. The Morgan fingerprint density at radius 2 is 2.15 bits per heavy atom. The minimum atomic E-state index is 0.414. The summed E-state index contributed by atoms with van der Waals surface area (Å²) in [5, 5.41) is 0. The first-order chi connectivity index (χ1) is 6.29. The summed E-state index contributed by atoms with van der Waals surface area (Å²) in [6.45, 7) is 3.56. The van der Waals surface area contributed by atoms with Crippen LogP contribution < -0.4 is 5.73 Å². The van der Waals surface area contributed by atoms with Gasteiger partial charge in [0.2, 0.25) is 0 Å². The Balaban J connectivity index is 1.73. The number of carbonyl (C=O) groups excluding carboxylic acids is 1. The van der Waals surface area contributed by atoms with Crippen molar-refractivity contribution in [3.63, 3.8) is 0 Å². The van der Waals surface area contributed by atoms with Crippen LogP contribution in [0.15, 0.2) is 0 Å². The van der Waals surface area contributed by atoms with Crippen LogP contribution in [0.1, 0.15) is 19.3 Å². The summed E-state index contributed by atoms with van der Waals surface area (Å²) >= 11 is 0. The Bertz CT molecular complexity index is 201. The summed E-state index contributed by atoms with van der Waals surface area (Å²) in [5.41, 5.74) is 5.59. The Morgan fingerprint density at radius 3 is 2.69 bits per heavy atom.